The van der Waals surface area contributed by atoms with Gasteiger partial charge < -0.3 is 0 Å². The summed E-state index contributed by atoms with van der Waals surface area (Å²) < 4.78 is 27.6. The molecule has 29 valence electrons. The van der Waals surface area contributed by atoms with Crippen molar-refractivity contribution in [1.29, 1.82) is 0 Å². The Hall–Kier alpha value is 1.02. The first-order chi connectivity index (χ1) is 2.00. The van der Waals surface area contributed by atoms with Gasteiger partial charge in [-0.3, -0.25) is 0 Å². The van der Waals surface area contributed by atoms with E-state index in [2.05, 4.69) is 0 Å². The van der Waals surface area contributed by atoms with Crippen molar-refractivity contribution in [3.05, 3.63) is 0 Å². The molecule has 0 radical (unpaired) electrons. The molecule has 0 heterocycles. The molecule has 0 fully saturated rings. The van der Waals surface area contributed by atoms with Gasteiger partial charge in [-0.05, 0) is 0 Å². The Morgan fingerprint density at radius 1 is 1.60 bits per heavy atom. The molecule has 5 heteroatoms. The van der Waals surface area contributed by atoms with Gasteiger partial charge in [0.2, 0.25) is 0 Å². The average Bonchev–Trinajstić information content (AvgIpc) is 0.722. The number of rotatable bonds is 0. The molecule has 0 spiro atoms. The van der Waals surface area contributed by atoms with Gasteiger partial charge in [0.15, 0.2) is 0 Å². The van der Waals surface area contributed by atoms with Gasteiger partial charge in [0.05, 0.1) is 0 Å². The molecule has 0 aliphatic heterocycles. The summed E-state index contributed by atoms with van der Waals surface area (Å²) in [5, 5.41) is 0. The summed E-state index contributed by atoms with van der Waals surface area (Å²) in [7, 11) is -4.36. The minimum atomic E-state index is -4.36. The molecular formula is HCrMgO3-2. The first-order valence-electron chi connectivity index (χ1n) is 0.908. The maximum atomic E-state index is 9.21. The minimum absolute atomic E-state index is 0.203. The predicted molar refractivity (Wildman–Crippen MR) is 7.84 cm³/mol. The Morgan fingerprint density at radius 2 is 1.60 bits per heavy atom. The molecule has 0 aromatic heterocycles. The van der Waals surface area contributed by atoms with Crippen LogP contribution in [0.2, 0.25) is 0 Å². The average molecular weight is 125 g/mol. The van der Waals surface area contributed by atoms with Crippen LogP contribution in [-0.2, 0) is 14.4 Å². The summed E-state index contributed by atoms with van der Waals surface area (Å²) in [6, 6.07) is 0. The van der Waals surface area contributed by atoms with E-state index in [-0.39, 0.29) is 19.4 Å². The maximum absolute atomic E-state index is 9.21. The Morgan fingerprint density at radius 3 is 1.60 bits per heavy atom. The predicted octanol–water partition coefficient (Wildman–Crippen LogP) is -3.15. The Balaban J connectivity index is 3.47. The van der Waals surface area contributed by atoms with Crippen molar-refractivity contribution < 1.29 is 22.7 Å². The third-order valence-electron chi connectivity index (χ3n) is 0. The third kappa shape index (κ3) is 44.1. The molecule has 0 N–H and O–H groups in total. The first kappa shape index (κ1) is 6.02. The van der Waals surface area contributed by atoms with Crippen LogP contribution in [0.3, 0.4) is 0 Å². The molecule has 0 aromatic rings. The van der Waals surface area contributed by atoms with E-state index in [1.54, 1.807) is 0 Å². The van der Waals surface area contributed by atoms with Crippen LogP contribution in [0.5, 0.6) is 0 Å². The van der Waals surface area contributed by atoms with Gasteiger partial charge in [0.1, 0.15) is 0 Å². The molecule has 0 aliphatic rings. The molecule has 0 amide bonds. The Kier molecular flexibility index (Phi) is 1.98. The van der Waals surface area contributed by atoms with Gasteiger partial charge in [-0.25, -0.2) is 0 Å². The van der Waals surface area contributed by atoms with Gasteiger partial charge in [-0.2, -0.15) is 0 Å². The van der Waals surface area contributed by atoms with E-state index in [0.29, 0.717) is 0 Å². The van der Waals surface area contributed by atoms with Crippen LogP contribution < -0.4 is 8.32 Å². The van der Waals surface area contributed by atoms with E-state index in [4.69, 9.17) is 0 Å². The van der Waals surface area contributed by atoms with Crippen LogP contribution in [0.4, 0.5) is 0 Å². The Bertz CT molecular complexity index is 53.0. The standard InChI is InChI=1S/Cr.Mg.3O.H/q;;;2*-1;. The van der Waals surface area contributed by atoms with E-state index < -0.39 is 10.6 Å². The van der Waals surface area contributed by atoms with E-state index in [0.717, 1.165) is 0 Å². The number of hydrogen-bond donors (Lipinski definition) is 0. The monoisotopic (exact) mass is 125 g/mol. The summed E-state index contributed by atoms with van der Waals surface area (Å²) in [6.07, 6.45) is 0. The fourth-order valence-corrected chi connectivity index (χ4v) is 0. The molecule has 0 rings (SSSR count). The second kappa shape index (κ2) is 1.65. The zero-order valence-electron chi connectivity index (χ0n) is 2.63. The summed E-state index contributed by atoms with van der Waals surface area (Å²) in [5.41, 5.74) is 0. The Labute approximate surface area is 42.3 Å². The van der Waals surface area contributed by atoms with Crippen LogP contribution in [0.15, 0.2) is 0 Å². The summed E-state index contributed by atoms with van der Waals surface area (Å²) >= 11 is -0.203. The summed E-state index contributed by atoms with van der Waals surface area (Å²) in [6.45, 7) is 0. The van der Waals surface area contributed by atoms with E-state index in [9.17, 15) is 12.1 Å². The molecule has 0 saturated heterocycles. The van der Waals surface area contributed by atoms with Crippen molar-refractivity contribution in [2.24, 2.45) is 0 Å². The van der Waals surface area contributed by atoms with Crippen LogP contribution >= 0.6 is 0 Å². The number of hydrogen-bond acceptors (Lipinski definition) is 3. The van der Waals surface area contributed by atoms with E-state index >= 15 is 0 Å². The van der Waals surface area contributed by atoms with Crippen LogP contribution in [0, 0.1) is 0 Å². The summed E-state index contributed by atoms with van der Waals surface area (Å²) in [4.78, 5) is 0. The van der Waals surface area contributed by atoms with Crippen LogP contribution in [0.25, 0.3) is 0 Å². The van der Waals surface area contributed by atoms with Gasteiger partial charge in [-0.1, -0.05) is 0 Å². The van der Waals surface area contributed by atoms with Crippen molar-refractivity contribution in [3.8, 4) is 0 Å². The third-order valence-corrected chi connectivity index (χ3v) is 0. The fourth-order valence-electron chi connectivity index (χ4n) is 0. The van der Waals surface area contributed by atoms with Gasteiger partial charge in [0.25, 0.3) is 0 Å². The topological polar surface area (TPSA) is 63.2 Å². The molecule has 0 bridgehead atoms. The normalized spacial score (nSPS) is 11.4. The molecule has 5 heavy (non-hydrogen) atoms. The van der Waals surface area contributed by atoms with Crippen LogP contribution in [-0.4, -0.2) is 19.4 Å². The molecule has 0 atom stereocenters. The molecule has 0 aliphatic carbocycles. The van der Waals surface area contributed by atoms with Gasteiger partial charge >= 0.3 is 42.2 Å². The van der Waals surface area contributed by atoms with Crippen LogP contribution in [0.1, 0.15) is 0 Å². The van der Waals surface area contributed by atoms with E-state index in [1.807, 2.05) is 0 Å². The van der Waals surface area contributed by atoms with Crippen molar-refractivity contribution in [2.45, 2.75) is 0 Å². The molecule has 3 nitrogen and oxygen atoms in total. The molecule has 0 unspecified atom stereocenters. The van der Waals surface area contributed by atoms with Crippen molar-refractivity contribution in [1.82, 2.24) is 0 Å². The zero-order valence-corrected chi connectivity index (χ0v) is 5.91. The first-order valence-corrected chi connectivity index (χ1v) is 7.11. The zero-order chi connectivity index (χ0) is 4.50. The van der Waals surface area contributed by atoms with Crippen molar-refractivity contribution >= 4 is 19.4 Å². The SMILES string of the molecule is [O]=[Cr]([O-])([O-])[MgH]. The van der Waals surface area contributed by atoms with Gasteiger partial charge in [0, 0.05) is 0 Å². The molecular weight excluding hydrogens is 124 g/mol. The summed E-state index contributed by atoms with van der Waals surface area (Å²) in [5.74, 6) is 0. The molecule has 0 aromatic carbocycles. The quantitative estimate of drug-likeness (QED) is 0.321. The fraction of sp³-hybridized carbons (Fsp3) is 0. The van der Waals surface area contributed by atoms with E-state index in [1.165, 1.54) is 0 Å². The van der Waals surface area contributed by atoms with Crippen molar-refractivity contribution in [2.75, 3.05) is 0 Å². The van der Waals surface area contributed by atoms with Gasteiger partial charge in [-0.15, -0.1) is 0 Å². The second-order valence-electron chi connectivity index (χ2n) is 0.704. The molecule has 0 saturated carbocycles. The van der Waals surface area contributed by atoms with Crippen molar-refractivity contribution in [3.63, 3.8) is 0 Å². The second-order valence-corrected chi connectivity index (χ2v) is 7.03.